The lowest BCUT2D eigenvalue weighted by Gasteiger charge is -2.29. The largest absolute Gasteiger partial charge is 0.204 e. The highest BCUT2D eigenvalue weighted by atomic mass is 19.2. The fourth-order valence-corrected chi connectivity index (χ4v) is 5.06. The predicted molar refractivity (Wildman–Crippen MR) is 124 cm³/mol. The predicted octanol–water partition coefficient (Wildman–Crippen LogP) is 8.36. The van der Waals surface area contributed by atoms with Crippen molar-refractivity contribution in [2.24, 2.45) is 5.92 Å². The zero-order valence-corrected chi connectivity index (χ0v) is 18.7. The zero-order chi connectivity index (χ0) is 22.5. The first-order valence-electron chi connectivity index (χ1n) is 11.8. The van der Waals surface area contributed by atoms with Gasteiger partial charge >= 0.3 is 0 Å². The van der Waals surface area contributed by atoms with Crippen molar-refractivity contribution >= 4 is 0 Å². The maximum absolute atomic E-state index is 13.5. The van der Waals surface area contributed by atoms with Crippen LogP contribution < -0.4 is 0 Å². The smallest absolute Gasteiger partial charge is 0.194 e. The second kappa shape index (κ2) is 10.4. The van der Waals surface area contributed by atoms with Gasteiger partial charge in [0.15, 0.2) is 17.5 Å². The van der Waals surface area contributed by atoms with E-state index in [9.17, 15) is 13.2 Å². The molecule has 32 heavy (non-hydrogen) atoms. The highest BCUT2D eigenvalue weighted by Gasteiger charge is 2.24. The SMILES string of the molecule is CC(Cc1ccc(CCC2CCC(c3cc(F)c(F)c(F)c3)CC2)cc1)c1ccccc1. The molecule has 168 valence electrons. The fourth-order valence-electron chi connectivity index (χ4n) is 5.06. The van der Waals surface area contributed by atoms with Crippen molar-refractivity contribution in [1.82, 2.24) is 0 Å². The molecule has 0 heterocycles. The van der Waals surface area contributed by atoms with Gasteiger partial charge in [0.25, 0.3) is 0 Å². The molecule has 1 saturated carbocycles. The van der Waals surface area contributed by atoms with E-state index in [1.165, 1.54) is 28.8 Å². The third kappa shape index (κ3) is 5.62. The Bertz CT molecular complexity index is 979. The van der Waals surface area contributed by atoms with E-state index in [1.54, 1.807) is 0 Å². The van der Waals surface area contributed by atoms with E-state index >= 15 is 0 Å². The first-order valence-corrected chi connectivity index (χ1v) is 11.8. The van der Waals surface area contributed by atoms with E-state index in [0.717, 1.165) is 44.9 Å². The van der Waals surface area contributed by atoms with Crippen LogP contribution in [0.3, 0.4) is 0 Å². The molecule has 0 saturated heterocycles. The minimum Gasteiger partial charge on any atom is -0.204 e. The standard InChI is InChI=1S/C29H31F3/c1-20(24-5-3-2-4-6-24)17-23-11-9-21(10-12-23)7-8-22-13-15-25(16-14-22)26-18-27(30)29(32)28(31)19-26/h2-6,9-12,18-20,22,25H,7-8,13-17H2,1H3. The molecule has 0 N–H and O–H groups in total. The van der Waals surface area contributed by atoms with Crippen LogP contribution in [0, 0.1) is 23.4 Å². The van der Waals surface area contributed by atoms with Crippen LogP contribution in [0.1, 0.15) is 73.1 Å². The van der Waals surface area contributed by atoms with Crippen LogP contribution in [-0.2, 0) is 12.8 Å². The zero-order valence-electron chi connectivity index (χ0n) is 18.7. The third-order valence-electron chi connectivity index (χ3n) is 7.10. The third-order valence-corrected chi connectivity index (χ3v) is 7.10. The Morgan fingerprint density at radius 3 is 2.00 bits per heavy atom. The van der Waals surface area contributed by atoms with E-state index in [1.807, 2.05) is 0 Å². The Morgan fingerprint density at radius 1 is 0.781 bits per heavy atom. The molecule has 4 rings (SSSR count). The first-order chi connectivity index (χ1) is 15.5. The molecule has 1 atom stereocenters. The summed E-state index contributed by atoms with van der Waals surface area (Å²) >= 11 is 0. The molecule has 1 aliphatic rings. The topological polar surface area (TPSA) is 0 Å². The van der Waals surface area contributed by atoms with E-state index in [-0.39, 0.29) is 5.92 Å². The van der Waals surface area contributed by atoms with Crippen molar-refractivity contribution in [3.8, 4) is 0 Å². The van der Waals surface area contributed by atoms with Crippen molar-refractivity contribution < 1.29 is 13.2 Å². The Labute approximate surface area is 189 Å². The summed E-state index contributed by atoms with van der Waals surface area (Å²) in [4.78, 5) is 0. The fraction of sp³-hybridized carbons (Fsp3) is 0.379. The average Bonchev–Trinajstić information content (AvgIpc) is 2.82. The van der Waals surface area contributed by atoms with Crippen LogP contribution in [0.4, 0.5) is 13.2 Å². The second-order valence-corrected chi connectivity index (χ2v) is 9.39. The van der Waals surface area contributed by atoms with Crippen LogP contribution in [0.2, 0.25) is 0 Å². The first kappa shape index (κ1) is 22.6. The Balaban J connectivity index is 1.24. The highest BCUT2D eigenvalue weighted by Crippen LogP contribution is 2.38. The van der Waals surface area contributed by atoms with Gasteiger partial charge in [-0.15, -0.1) is 0 Å². The number of benzene rings is 3. The van der Waals surface area contributed by atoms with Crippen LogP contribution in [-0.4, -0.2) is 0 Å². The minimum atomic E-state index is -1.37. The van der Waals surface area contributed by atoms with Crippen molar-refractivity contribution in [1.29, 1.82) is 0 Å². The Morgan fingerprint density at radius 2 is 1.38 bits per heavy atom. The molecule has 0 aliphatic heterocycles. The van der Waals surface area contributed by atoms with Gasteiger partial charge in [-0.05, 0) is 97.1 Å². The number of aryl methyl sites for hydroxylation is 1. The molecule has 1 unspecified atom stereocenters. The van der Waals surface area contributed by atoms with Crippen LogP contribution in [0.25, 0.3) is 0 Å². The molecule has 3 heteroatoms. The summed E-state index contributed by atoms with van der Waals surface area (Å²) < 4.78 is 40.3. The van der Waals surface area contributed by atoms with Gasteiger partial charge in [0.1, 0.15) is 0 Å². The monoisotopic (exact) mass is 436 g/mol. The van der Waals surface area contributed by atoms with Gasteiger partial charge in [-0.2, -0.15) is 0 Å². The summed E-state index contributed by atoms with van der Waals surface area (Å²) in [5.74, 6) is -2.27. The van der Waals surface area contributed by atoms with E-state index < -0.39 is 17.5 Å². The number of halogens is 3. The quantitative estimate of drug-likeness (QED) is 0.326. The summed E-state index contributed by atoms with van der Waals surface area (Å²) in [6, 6.07) is 22.0. The molecule has 0 nitrogen and oxygen atoms in total. The molecule has 0 amide bonds. The van der Waals surface area contributed by atoms with Crippen LogP contribution in [0.15, 0.2) is 66.7 Å². The number of hydrogen-bond donors (Lipinski definition) is 0. The molecular weight excluding hydrogens is 405 g/mol. The van der Waals surface area contributed by atoms with Crippen molar-refractivity contribution in [2.75, 3.05) is 0 Å². The summed E-state index contributed by atoms with van der Waals surface area (Å²) in [6.07, 6.45) is 7.16. The molecule has 3 aromatic carbocycles. The second-order valence-electron chi connectivity index (χ2n) is 9.39. The van der Waals surface area contributed by atoms with Gasteiger partial charge in [-0.25, -0.2) is 13.2 Å². The van der Waals surface area contributed by atoms with Gasteiger partial charge in [-0.1, -0.05) is 61.5 Å². The summed E-state index contributed by atoms with van der Waals surface area (Å²) in [6.45, 7) is 2.27. The van der Waals surface area contributed by atoms with E-state index in [4.69, 9.17) is 0 Å². The van der Waals surface area contributed by atoms with Gasteiger partial charge in [0.2, 0.25) is 0 Å². The highest BCUT2D eigenvalue weighted by molar-refractivity contribution is 5.27. The van der Waals surface area contributed by atoms with Crippen molar-refractivity contribution in [3.63, 3.8) is 0 Å². The Kier molecular flexibility index (Phi) is 7.34. The maximum atomic E-state index is 13.5. The van der Waals surface area contributed by atoms with E-state index in [0.29, 0.717) is 17.4 Å². The molecule has 0 aromatic heterocycles. The van der Waals surface area contributed by atoms with E-state index in [2.05, 4.69) is 61.5 Å². The van der Waals surface area contributed by atoms with Crippen molar-refractivity contribution in [2.45, 2.75) is 63.7 Å². The summed E-state index contributed by atoms with van der Waals surface area (Å²) in [7, 11) is 0. The number of rotatable bonds is 7. The molecule has 3 aromatic rings. The van der Waals surface area contributed by atoms with Gasteiger partial charge in [0.05, 0.1) is 0 Å². The van der Waals surface area contributed by atoms with Crippen LogP contribution in [0.5, 0.6) is 0 Å². The normalized spacial score (nSPS) is 19.6. The van der Waals surface area contributed by atoms with Gasteiger partial charge in [-0.3, -0.25) is 0 Å². The summed E-state index contributed by atoms with van der Waals surface area (Å²) in [5, 5.41) is 0. The van der Waals surface area contributed by atoms with Crippen LogP contribution >= 0.6 is 0 Å². The molecular formula is C29H31F3. The molecule has 1 fully saturated rings. The molecule has 0 spiro atoms. The van der Waals surface area contributed by atoms with Gasteiger partial charge < -0.3 is 0 Å². The lowest BCUT2D eigenvalue weighted by atomic mass is 9.77. The molecule has 0 radical (unpaired) electrons. The maximum Gasteiger partial charge on any atom is 0.194 e. The number of hydrogen-bond acceptors (Lipinski definition) is 0. The van der Waals surface area contributed by atoms with Gasteiger partial charge in [0, 0.05) is 0 Å². The lowest BCUT2D eigenvalue weighted by Crippen LogP contribution is -2.14. The average molecular weight is 437 g/mol. The Hall–Kier alpha value is -2.55. The minimum absolute atomic E-state index is 0.127. The van der Waals surface area contributed by atoms with Crippen molar-refractivity contribution in [3.05, 3.63) is 106 Å². The molecule has 0 bridgehead atoms. The summed E-state index contributed by atoms with van der Waals surface area (Å²) in [5.41, 5.74) is 4.70. The molecule has 1 aliphatic carbocycles. The lowest BCUT2D eigenvalue weighted by molar-refractivity contribution is 0.309.